The van der Waals surface area contributed by atoms with Crippen LogP contribution in [-0.2, 0) is 14.4 Å². The Labute approximate surface area is 195 Å². The highest BCUT2D eigenvalue weighted by Gasteiger charge is 2.33. The van der Waals surface area contributed by atoms with Crippen LogP contribution in [0.5, 0.6) is 5.75 Å². The fourth-order valence-corrected chi connectivity index (χ4v) is 4.29. The number of aliphatic carboxylic acids is 1. The molecule has 0 fully saturated rings. The van der Waals surface area contributed by atoms with Crippen molar-refractivity contribution in [3.63, 3.8) is 0 Å². The summed E-state index contributed by atoms with van der Waals surface area (Å²) in [5.41, 5.74) is 1.16. The SMILES string of the molecule is COc1ccc(NC(=O)CSc2ccc(NC(=O)C3CC=CCC3C(=O)O)cc2)cc1Cl. The van der Waals surface area contributed by atoms with Crippen LogP contribution in [-0.4, -0.2) is 35.8 Å². The van der Waals surface area contributed by atoms with E-state index in [4.69, 9.17) is 16.3 Å². The summed E-state index contributed by atoms with van der Waals surface area (Å²) in [4.78, 5) is 37.0. The van der Waals surface area contributed by atoms with E-state index in [0.29, 0.717) is 35.0 Å². The van der Waals surface area contributed by atoms with Crippen LogP contribution in [0.1, 0.15) is 12.8 Å². The molecule has 0 saturated heterocycles. The first-order valence-corrected chi connectivity index (χ1v) is 11.3. The lowest BCUT2D eigenvalue weighted by molar-refractivity contribution is -0.146. The third-order valence-electron chi connectivity index (χ3n) is 5.01. The molecule has 1 aliphatic carbocycles. The predicted octanol–water partition coefficient (Wildman–Crippen LogP) is 4.68. The van der Waals surface area contributed by atoms with Gasteiger partial charge in [-0.05, 0) is 55.3 Å². The molecule has 9 heteroatoms. The van der Waals surface area contributed by atoms with Crippen molar-refractivity contribution < 1.29 is 24.2 Å². The van der Waals surface area contributed by atoms with E-state index in [-0.39, 0.29) is 17.6 Å². The monoisotopic (exact) mass is 474 g/mol. The molecule has 1 aliphatic rings. The van der Waals surface area contributed by atoms with Gasteiger partial charge in [0.15, 0.2) is 0 Å². The van der Waals surface area contributed by atoms with Crippen LogP contribution in [0.3, 0.4) is 0 Å². The van der Waals surface area contributed by atoms with Gasteiger partial charge in [-0.1, -0.05) is 23.8 Å². The van der Waals surface area contributed by atoms with E-state index in [0.717, 1.165) is 4.90 Å². The number of carboxylic acid groups (broad SMARTS) is 1. The van der Waals surface area contributed by atoms with Crippen molar-refractivity contribution in [3.8, 4) is 5.75 Å². The zero-order valence-electron chi connectivity index (χ0n) is 17.3. The second-order valence-corrected chi connectivity index (χ2v) is 8.65. The van der Waals surface area contributed by atoms with E-state index in [1.807, 2.05) is 6.08 Å². The molecule has 7 nitrogen and oxygen atoms in total. The number of carbonyl (C=O) groups excluding carboxylic acids is 2. The fraction of sp³-hybridized carbons (Fsp3) is 0.261. The fourth-order valence-electron chi connectivity index (χ4n) is 3.34. The van der Waals surface area contributed by atoms with Crippen molar-refractivity contribution in [3.05, 3.63) is 59.6 Å². The van der Waals surface area contributed by atoms with E-state index in [2.05, 4.69) is 10.6 Å². The second-order valence-electron chi connectivity index (χ2n) is 7.19. The average Bonchev–Trinajstić information content (AvgIpc) is 2.78. The molecule has 3 rings (SSSR count). The van der Waals surface area contributed by atoms with Gasteiger partial charge >= 0.3 is 5.97 Å². The van der Waals surface area contributed by atoms with Crippen molar-refractivity contribution in [2.24, 2.45) is 11.8 Å². The van der Waals surface area contributed by atoms with E-state index in [9.17, 15) is 19.5 Å². The summed E-state index contributed by atoms with van der Waals surface area (Å²) >= 11 is 7.42. The highest BCUT2D eigenvalue weighted by atomic mass is 35.5. The number of thioether (sulfide) groups is 1. The Morgan fingerprint density at radius 1 is 1.03 bits per heavy atom. The number of carbonyl (C=O) groups is 3. The van der Waals surface area contributed by atoms with Gasteiger partial charge in [-0.25, -0.2) is 0 Å². The number of nitrogens with one attached hydrogen (secondary N) is 2. The summed E-state index contributed by atoms with van der Waals surface area (Å²) in [7, 11) is 1.52. The molecule has 0 spiro atoms. The first-order valence-electron chi connectivity index (χ1n) is 9.92. The van der Waals surface area contributed by atoms with Gasteiger partial charge in [0.05, 0.1) is 29.7 Å². The highest BCUT2D eigenvalue weighted by Crippen LogP contribution is 2.29. The first kappa shape index (κ1) is 23.7. The minimum Gasteiger partial charge on any atom is -0.495 e. The van der Waals surface area contributed by atoms with Gasteiger partial charge in [0, 0.05) is 16.3 Å². The number of anilines is 2. The zero-order valence-corrected chi connectivity index (χ0v) is 18.9. The lowest BCUT2D eigenvalue weighted by Gasteiger charge is -2.24. The lowest BCUT2D eigenvalue weighted by Crippen LogP contribution is -2.34. The number of ether oxygens (including phenoxy) is 1. The maximum Gasteiger partial charge on any atom is 0.307 e. The molecule has 0 saturated carbocycles. The molecule has 0 radical (unpaired) electrons. The molecule has 2 aromatic rings. The minimum atomic E-state index is -0.962. The second kappa shape index (κ2) is 11.1. The molecule has 2 aromatic carbocycles. The Morgan fingerprint density at radius 2 is 1.69 bits per heavy atom. The number of hydrogen-bond donors (Lipinski definition) is 3. The first-order chi connectivity index (χ1) is 15.4. The largest absolute Gasteiger partial charge is 0.495 e. The normalized spacial score (nSPS) is 17.4. The molecule has 2 atom stereocenters. The third kappa shape index (κ3) is 6.27. The van der Waals surface area contributed by atoms with Crippen molar-refractivity contribution in [1.29, 1.82) is 0 Å². The van der Waals surface area contributed by atoms with Gasteiger partial charge in [-0.15, -0.1) is 11.8 Å². The van der Waals surface area contributed by atoms with Gasteiger partial charge in [0.2, 0.25) is 11.8 Å². The van der Waals surface area contributed by atoms with E-state index in [1.54, 1.807) is 48.5 Å². The molecule has 3 N–H and O–H groups in total. The Kier molecular flexibility index (Phi) is 8.19. The molecule has 2 unspecified atom stereocenters. The number of halogens is 1. The molecule has 0 aromatic heterocycles. The summed E-state index contributed by atoms with van der Waals surface area (Å²) in [6, 6.07) is 12.1. The van der Waals surface area contributed by atoms with Crippen molar-refractivity contribution >= 4 is 52.5 Å². The van der Waals surface area contributed by atoms with Crippen LogP contribution >= 0.6 is 23.4 Å². The van der Waals surface area contributed by atoms with Crippen molar-refractivity contribution in [2.45, 2.75) is 17.7 Å². The molecular formula is C23H23ClN2O5S. The van der Waals surface area contributed by atoms with Crippen LogP contribution in [0.25, 0.3) is 0 Å². The molecule has 0 bridgehead atoms. The molecular weight excluding hydrogens is 452 g/mol. The van der Waals surface area contributed by atoms with Gasteiger partial charge in [-0.2, -0.15) is 0 Å². The number of amides is 2. The van der Waals surface area contributed by atoms with Crippen LogP contribution in [0.4, 0.5) is 11.4 Å². The molecule has 2 amide bonds. The van der Waals surface area contributed by atoms with E-state index < -0.39 is 17.8 Å². The summed E-state index contributed by atoms with van der Waals surface area (Å²) in [5, 5.41) is 15.3. The van der Waals surface area contributed by atoms with Gasteiger partial charge < -0.3 is 20.5 Å². The van der Waals surface area contributed by atoms with Crippen molar-refractivity contribution in [1.82, 2.24) is 0 Å². The van der Waals surface area contributed by atoms with Crippen LogP contribution in [0.2, 0.25) is 5.02 Å². The summed E-state index contributed by atoms with van der Waals surface area (Å²) in [5.74, 6) is -2.03. The highest BCUT2D eigenvalue weighted by molar-refractivity contribution is 8.00. The van der Waals surface area contributed by atoms with E-state index in [1.165, 1.54) is 18.9 Å². The number of hydrogen-bond acceptors (Lipinski definition) is 5. The Balaban J connectivity index is 1.50. The number of benzene rings is 2. The predicted molar refractivity (Wildman–Crippen MR) is 125 cm³/mol. The van der Waals surface area contributed by atoms with Gasteiger partial charge in [-0.3, -0.25) is 14.4 Å². The number of methoxy groups -OCH3 is 1. The van der Waals surface area contributed by atoms with Gasteiger partial charge in [0.1, 0.15) is 5.75 Å². The molecule has 0 aliphatic heterocycles. The quantitative estimate of drug-likeness (QED) is 0.379. The molecule has 32 heavy (non-hydrogen) atoms. The van der Waals surface area contributed by atoms with Crippen molar-refractivity contribution in [2.75, 3.05) is 23.5 Å². The number of rotatable bonds is 8. The Morgan fingerprint density at radius 3 is 2.31 bits per heavy atom. The number of carboxylic acids is 1. The number of allylic oxidation sites excluding steroid dienone is 2. The maximum atomic E-state index is 12.5. The van der Waals surface area contributed by atoms with Crippen LogP contribution in [0, 0.1) is 11.8 Å². The third-order valence-corrected chi connectivity index (χ3v) is 6.32. The summed E-state index contributed by atoms with van der Waals surface area (Å²) < 4.78 is 5.09. The van der Waals surface area contributed by atoms with Crippen LogP contribution in [0.15, 0.2) is 59.5 Å². The van der Waals surface area contributed by atoms with Crippen LogP contribution < -0.4 is 15.4 Å². The van der Waals surface area contributed by atoms with Gasteiger partial charge in [0.25, 0.3) is 0 Å². The average molecular weight is 475 g/mol. The molecule has 0 heterocycles. The van der Waals surface area contributed by atoms with E-state index >= 15 is 0 Å². The lowest BCUT2D eigenvalue weighted by atomic mass is 9.82. The standard InChI is InChI=1S/C23H23ClN2O5S/c1-31-20-11-8-15(12-19(20)24)25-21(27)13-32-16-9-6-14(7-10-16)26-22(28)17-4-2-3-5-18(17)23(29)30/h2-3,6-12,17-18H,4-5,13H2,1H3,(H,25,27)(H,26,28)(H,29,30). The maximum absolute atomic E-state index is 12.5. The zero-order chi connectivity index (χ0) is 23.1. The Bertz CT molecular complexity index is 1030. The summed E-state index contributed by atoms with van der Waals surface area (Å²) in [6.45, 7) is 0. The topological polar surface area (TPSA) is 105 Å². The minimum absolute atomic E-state index is 0.182. The molecule has 168 valence electrons. The smallest absolute Gasteiger partial charge is 0.307 e. The Hall–Kier alpha value is -2.97. The summed E-state index contributed by atoms with van der Waals surface area (Å²) in [6.07, 6.45) is 4.40.